The number of nitrogens with zero attached hydrogens (tertiary/aromatic N) is 3. The molecule has 0 aromatic heterocycles. The van der Waals surface area contributed by atoms with Crippen molar-refractivity contribution in [1.82, 2.24) is 20.4 Å². The van der Waals surface area contributed by atoms with Crippen molar-refractivity contribution in [3.8, 4) is 0 Å². The van der Waals surface area contributed by atoms with Crippen molar-refractivity contribution in [1.29, 1.82) is 0 Å². The molecule has 2 rings (SSSR count). The molecule has 1 aliphatic rings. The number of hydrogen-bond acceptors (Lipinski definition) is 3. The highest BCUT2D eigenvalue weighted by Crippen LogP contribution is 2.16. The van der Waals surface area contributed by atoms with Gasteiger partial charge >= 0.3 is 6.18 Å². The predicted octanol–water partition coefficient (Wildman–Crippen LogP) is 3.15. The van der Waals surface area contributed by atoms with Gasteiger partial charge in [-0.25, -0.2) is 4.99 Å². The lowest BCUT2D eigenvalue weighted by Gasteiger charge is -2.33. The summed E-state index contributed by atoms with van der Waals surface area (Å²) in [6.07, 6.45) is -2.56. The van der Waals surface area contributed by atoms with E-state index in [0.717, 1.165) is 39.5 Å². The van der Waals surface area contributed by atoms with E-state index in [9.17, 15) is 18.0 Å². The molecular formula is C21H33F3IN5O. The Morgan fingerprint density at radius 2 is 1.97 bits per heavy atom. The van der Waals surface area contributed by atoms with Gasteiger partial charge in [0.15, 0.2) is 5.96 Å². The zero-order chi connectivity index (χ0) is 22.1. The third kappa shape index (κ3) is 10.5. The van der Waals surface area contributed by atoms with Crippen LogP contribution >= 0.6 is 24.0 Å². The van der Waals surface area contributed by atoms with Gasteiger partial charge in [-0.15, -0.1) is 24.0 Å². The van der Waals surface area contributed by atoms with E-state index in [-0.39, 0.29) is 36.6 Å². The molecule has 0 saturated carbocycles. The molecule has 0 bridgehead atoms. The average molecular weight is 555 g/mol. The van der Waals surface area contributed by atoms with Crippen molar-refractivity contribution in [3.05, 3.63) is 35.4 Å². The van der Waals surface area contributed by atoms with Crippen LogP contribution in [0.25, 0.3) is 0 Å². The van der Waals surface area contributed by atoms with Gasteiger partial charge in [0.2, 0.25) is 5.91 Å². The van der Waals surface area contributed by atoms with Crippen LogP contribution in [0.3, 0.4) is 0 Å². The van der Waals surface area contributed by atoms with E-state index in [2.05, 4.69) is 51.7 Å². The van der Waals surface area contributed by atoms with Crippen LogP contribution in [0, 0.1) is 6.92 Å². The van der Waals surface area contributed by atoms with Gasteiger partial charge in [0.25, 0.3) is 0 Å². The maximum absolute atomic E-state index is 12.4. The second-order valence-electron chi connectivity index (χ2n) is 7.74. The minimum Gasteiger partial charge on any atom is -0.357 e. The Labute approximate surface area is 199 Å². The summed E-state index contributed by atoms with van der Waals surface area (Å²) in [5.74, 6) is -0.208. The van der Waals surface area contributed by atoms with Gasteiger partial charge in [0.1, 0.15) is 13.1 Å². The molecule has 1 heterocycles. The van der Waals surface area contributed by atoms with Crippen molar-refractivity contribution in [3.63, 3.8) is 0 Å². The molecule has 1 amide bonds. The lowest BCUT2D eigenvalue weighted by Crippen LogP contribution is -2.49. The quantitative estimate of drug-likeness (QED) is 0.309. The number of guanidine groups is 1. The fraction of sp³-hybridized carbons (Fsp3) is 0.619. The fourth-order valence-corrected chi connectivity index (χ4v) is 3.44. The molecule has 1 fully saturated rings. The zero-order valence-electron chi connectivity index (χ0n) is 18.3. The normalized spacial score (nSPS) is 15.9. The Kier molecular flexibility index (Phi) is 11.6. The van der Waals surface area contributed by atoms with Crippen LogP contribution in [0.15, 0.2) is 29.3 Å². The van der Waals surface area contributed by atoms with E-state index >= 15 is 0 Å². The molecule has 1 aliphatic heterocycles. The summed E-state index contributed by atoms with van der Waals surface area (Å²) >= 11 is 0. The van der Waals surface area contributed by atoms with E-state index < -0.39 is 18.6 Å². The molecule has 0 spiro atoms. The summed E-state index contributed by atoms with van der Waals surface area (Å²) in [5.41, 5.74) is 2.56. The number of aliphatic imine (C=N–C) groups is 1. The number of rotatable bonds is 7. The van der Waals surface area contributed by atoms with Gasteiger partial charge in [0, 0.05) is 39.3 Å². The van der Waals surface area contributed by atoms with Crippen LogP contribution in [0.1, 0.15) is 30.9 Å². The van der Waals surface area contributed by atoms with Crippen LogP contribution in [0.4, 0.5) is 13.2 Å². The largest absolute Gasteiger partial charge is 0.406 e. The van der Waals surface area contributed by atoms with Crippen molar-refractivity contribution < 1.29 is 18.0 Å². The third-order valence-electron chi connectivity index (χ3n) is 4.98. The summed E-state index contributed by atoms with van der Waals surface area (Å²) in [6, 6.07) is 8.71. The molecule has 0 aliphatic carbocycles. The summed E-state index contributed by atoms with van der Waals surface area (Å²) < 4.78 is 37.3. The van der Waals surface area contributed by atoms with Gasteiger partial charge in [-0.05, 0) is 32.3 Å². The molecule has 176 valence electrons. The number of carbonyl (C=O) groups excluding carboxylic acids is 1. The van der Waals surface area contributed by atoms with Gasteiger partial charge < -0.3 is 15.5 Å². The molecule has 31 heavy (non-hydrogen) atoms. The maximum atomic E-state index is 12.4. The SMILES string of the molecule is CCNC(=NCC(=O)N(C)CC(F)(F)F)NC1CCN(Cc2cccc(C)c2)CC1.I. The smallest absolute Gasteiger partial charge is 0.357 e. The van der Waals surface area contributed by atoms with Crippen LogP contribution in [0.2, 0.25) is 0 Å². The van der Waals surface area contributed by atoms with Gasteiger partial charge in [-0.2, -0.15) is 13.2 Å². The van der Waals surface area contributed by atoms with E-state index in [4.69, 9.17) is 0 Å². The number of likely N-dealkylation sites (N-methyl/N-ethyl adjacent to an activating group) is 1. The number of alkyl halides is 3. The van der Waals surface area contributed by atoms with Crippen LogP contribution in [0.5, 0.6) is 0 Å². The number of likely N-dealkylation sites (tertiary alicyclic amines) is 1. The average Bonchev–Trinajstić information content (AvgIpc) is 2.66. The number of benzene rings is 1. The van der Waals surface area contributed by atoms with Gasteiger partial charge in [-0.3, -0.25) is 9.69 Å². The van der Waals surface area contributed by atoms with Gasteiger partial charge in [-0.1, -0.05) is 29.8 Å². The number of piperidine rings is 1. The number of halogens is 4. The van der Waals surface area contributed by atoms with E-state index in [0.29, 0.717) is 17.4 Å². The Morgan fingerprint density at radius 1 is 1.29 bits per heavy atom. The van der Waals surface area contributed by atoms with Gasteiger partial charge in [0.05, 0.1) is 0 Å². The van der Waals surface area contributed by atoms with Crippen molar-refractivity contribution in [2.75, 3.05) is 39.8 Å². The first-order valence-electron chi connectivity index (χ1n) is 10.3. The molecule has 0 radical (unpaired) electrons. The standard InChI is InChI=1S/C21H32F3N5O.HI/c1-4-25-20(26-13-19(30)28(3)15-21(22,23)24)27-18-8-10-29(11-9-18)14-17-7-5-6-16(2)12-17;/h5-7,12,18H,4,8-11,13-15H2,1-3H3,(H2,25,26,27);1H. The first-order valence-corrected chi connectivity index (χ1v) is 10.3. The third-order valence-corrected chi connectivity index (χ3v) is 4.98. The second-order valence-corrected chi connectivity index (χ2v) is 7.74. The monoisotopic (exact) mass is 555 g/mol. The molecule has 0 unspecified atom stereocenters. The fourth-order valence-electron chi connectivity index (χ4n) is 3.44. The highest BCUT2D eigenvalue weighted by atomic mass is 127. The minimum atomic E-state index is -4.41. The van der Waals surface area contributed by atoms with Crippen molar-refractivity contribution in [2.24, 2.45) is 4.99 Å². The second kappa shape index (κ2) is 13.1. The maximum Gasteiger partial charge on any atom is 0.406 e. The highest BCUT2D eigenvalue weighted by molar-refractivity contribution is 14.0. The minimum absolute atomic E-state index is 0. The van der Waals surface area contributed by atoms with E-state index in [1.165, 1.54) is 11.1 Å². The topological polar surface area (TPSA) is 60.0 Å². The van der Waals surface area contributed by atoms with Crippen molar-refractivity contribution >= 4 is 35.8 Å². The summed E-state index contributed by atoms with van der Waals surface area (Å²) in [5, 5.41) is 6.37. The number of nitrogens with one attached hydrogen (secondary N) is 2. The lowest BCUT2D eigenvalue weighted by atomic mass is 10.0. The summed E-state index contributed by atoms with van der Waals surface area (Å²) in [4.78, 5) is 19.2. The Hall–Kier alpha value is -1.56. The van der Waals surface area contributed by atoms with Crippen molar-refractivity contribution in [2.45, 2.75) is 45.5 Å². The Morgan fingerprint density at radius 3 is 2.55 bits per heavy atom. The molecule has 10 heteroatoms. The highest BCUT2D eigenvalue weighted by Gasteiger charge is 2.31. The zero-order valence-corrected chi connectivity index (χ0v) is 20.7. The van der Waals surface area contributed by atoms with Crippen LogP contribution in [-0.2, 0) is 11.3 Å². The lowest BCUT2D eigenvalue weighted by molar-refractivity contribution is -0.157. The molecule has 0 atom stereocenters. The molecule has 6 nitrogen and oxygen atoms in total. The first-order chi connectivity index (χ1) is 14.2. The molecular weight excluding hydrogens is 522 g/mol. The molecule has 1 aromatic rings. The number of hydrogen-bond donors (Lipinski definition) is 2. The molecule has 2 N–H and O–H groups in total. The summed E-state index contributed by atoms with van der Waals surface area (Å²) in [6.45, 7) is 5.80. The number of amides is 1. The van der Waals surface area contributed by atoms with Crippen LogP contribution < -0.4 is 10.6 Å². The Bertz CT molecular complexity index is 721. The van der Waals surface area contributed by atoms with E-state index in [1.54, 1.807) is 0 Å². The molecule has 1 aromatic carbocycles. The van der Waals surface area contributed by atoms with Crippen LogP contribution in [-0.4, -0.2) is 73.7 Å². The number of carbonyl (C=O) groups is 1. The molecule has 1 saturated heterocycles. The summed E-state index contributed by atoms with van der Waals surface area (Å²) in [7, 11) is 1.13. The predicted molar refractivity (Wildman–Crippen MR) is 128 cm³/mol. The first kappa shape index (κ1) is 27.5. The Balaban J connectivity index is 0.00000480. The van der Waals surface area contributed by atoms with E-state index in [1.807, 2.05) is 6.92 Å². The number of aryl methyl sites for hydroxylation is 1.